The number of hydrogen-bond acceptors (Lipinski definition) is 2. The molecular formula is C23H18O4. The van der Waals surface area contributed by atoms with Crippen LogP contribution < -0.4 is 0 Å². The van der Waals surface area contributed by atoms with Gasteiger partial charge in [0.25, 0.3) is 0 Å². The topological polar surface area (TPSA) is 74.6 Å². The molecule has 0 amide bonds. The van der Waals surface area contributed by atoms with E-state index in [0.717, 1.165) is 16.7 Å². The first kappa shape index (κ1) is 18.1. The average Bonchev–Trinajstić information content (AvgIpc) is 2.67. The highest BCUT2D eigenvalue weighted by Gasteiger charge is 2.14. The molecule has 3 aromatic carbocycles. The van der Waals surface area contributed by atoms with Crippen molar-refractivity contribution in [2.75, 3.05) is 0 Å². The number of hydrogen-bond donors (Lipinski definition) is 2. The monoisotopic (exact) mass is 358 g/mol. The minimum absolute atomic E-state index is 0.139. The van der Waals surface area contributed by atoms with Gasteiger partial charge in [0.2, 0.25) is 0 Å². The Morgan fingerprint density at radius 3 is 2.26 bits per heavy atom. The van der Waals surface area contributed by atoms with E-state index in [9.17, 15) is 19.8 Å². The lowest BCUT2D eigenvalue weighted by Crippen LogP contribution is -2.03. The molecule has 0 fully saturated rings. The Bertz CT molecular complexity index is 1000. The molecule has 0 bridgehead atoms. The SMILES string of the molecule is O=C(O)Cc1cccc(/C=C/c2ccccc2)c1-c1cccc(C(=O)O)c1. The zero-order valence-corrected chi connectivity index (χ0v) is 14.5. The maximum atomic E-state index is 11.3. The Labute approximate surface area is 157 Å². The highest BCUT2D eigenvalue weighted by atomic mass is 16.4. The molecule has 27 heavy (non-hydrogen) atoms. The largest absolute Gasteiger partial charge is 0.481 e. The van der Waals surface area contributed by atoms with Gasteiger partial charge in [-0.2, -0.15) is 0 Å². The molecule has 134 valence electrons. The minimum Gasteiger partial charge on any atom is -0.481 e. The standard InChI is InChI=1S/C23H18O4/c24-21(25)15-19-10-4-8-17(13-12-16-6-2-1-3-7-16)22(19)18-9-5-11-20(14-18)23(26)27/h1-14H,15H2,(H,24,25)(H,26,27)/b13-12+. The normalized spacial score (nSPS) is 10.8. The summed E-state index contributed by atoms with van der Waals surface area (Å²) < 4.78 is 0. The van der Waals surface area contributed by atoms with Crippen molar-refractivity contribution in [3.05, 3.63) is 95.1 Å². The van der Waals surface area contributed by atoms with Crippen molar-refractivity contribution < 1.29 is 19.8 Å². The maximum Gasteiger partial charge on any atom is 0.335 e. The average molecular weight is 358 g/mol. The molecule has 0 radical (unpaired) electrons. The molecule has 0 saturated carbocycles. The first-order chi connectivity index (χ1) is 13.0. The number of carboxylic acids is 2. The lowest BCUT2D eigenvalue weighted by atomic mass is 9.91. The molecule has 0 aliphatic rings. The third-order valence-electron chi connectivity index (χ3n) is 4.18. The summed E-state index contributed by atoms with van der Waals surface area (Å²) in [6.45, 7) is 0. The van der Waals surface area contributed by atoms with Gasteiger partial charge in [-0.1, -0.05) is 72.8 Å². The summed E-state index contributed by atoms with van der Waals surface area (Å²) in [5, 5.41) is 18.6. The second kappa shape index (κ2) is 8.15. The van der Waals surface area contributed by atoms with Gasteiger partial charge in [0.05, 0.1) is 12.0 Å². The number of aliphatic carboxylic acids is 1. The number of rotatable bonds is 6. The fraction of sp³-hybridized carbons (Fsp3) is 0.0435. The van der Waals surface area contributed by atoms with E-state index in [2.05, 4.69) is 0 Å². The van der Waals surface area contributed by atoms with Gasteiger partial charge in [-0.05, 0) is 39.9 Å². The molecule has 3 rings (SSSR count). The van der Waals surface area contributed by atoms with Crippen LogP contribution in [0.25, 0.3) is 23.3 Å². The van der Waals surface area contributed by atoms with Crippen LogP contribution in [0, 0.1) is 0 Å². The van der Waals surface area contributed by atoms with Gasteiger partial charge < -0.3 is 10.2 Å². The Morgan fingerprint density at radius 2 is 1.56 bits per heavy atom. The quantitative estimate of drug-likeness (QED) is 0.618. The van der Waals surface area contributed by atoms with Crippen LogP contribution in [0.1, 0.15) is 27.0 Å². The second-order valence-electron chi connectivity index (χ2n) is 6.08. The summed E-state index contributed by atoms with van der Waals surface area (Å²) in [6, 6.07) is 21.8. The number of benzene rings is 3. The van der Waals surface area contributed by atoms with Gasteiger partial charge in [0, 0.05) is 0 Å². The van der Waals surface area contributed by atoms with E-state index in [4.69, 9.17) is 0 Å². The van der Waals surface area contributed by atoms with Crippen molar-refractivity contribution in [1.29, 1.82) is 0 Å². The summed E-state index contributed by atoms with van der Waals surface area (Å²) in [5.41, 5.74) is 4.07. The first-order valence-electron chi connectivity index (χ1n) is 8.45. The molecule has 0 heterocycles. The summed E-state index contributed by atoms with van der Waals surface area (Å²) in [6.07, 6.45) is 3.73. The molecule has 4 nitrogen and oxygen atoms in total. The van der Waals surface area contributed by atoms with E-state index in [1.807, 2.05) is 54.6 Å². The molecule has 0 spiro atoms. The van der Waals surface area contributed by atoms with Gasteiger partial charge in [-0.25, -0.2) is 4.79 Å². The Kier molecular flexibility index (Phi) is 5.47. The molecular weight excluding hydrogens is 340 g/mol. The Balaban J connectivity index is 2.14. The van der Waals surface area contributed by atoms with E-state index in [1.165, 1.54) is 6.07 Å². The summed E-state index contributed by atoms with van der Waals surface area (Å²) in [4.78, 5) is 22.6. The highest BCUT2D eigenvalue weighted by Crippen LogP contribution is 2.30. The van der Waals surface area contributed by atoms with Crippen molar-refractivity contribution >= 4 is 24.1 Å². The zero-order chi connectivity index (χ0) is 19.2. The molecule has 0 aliphatic carbocycles. The van der Waals surface area contributed by atoms with Crippen LogP contribution in [0.15, 0.2) is 72.8 Å². The smallest absolute Gasteiger partial charge is 0.335 e. The number of carboxylic acid groups (broad SMARTS) is 2. The van der Waals surface area contributed by atoms with Crippen LogP contribution in [0.2, 0.25) is 0 Å². The maximum absolute atomic E-state index is 11.3. The molecule has 3 aromatic rings. The van der Waals surface area contributed by atoms with Crippen LogP contribution in [-0.2, 0) is 11.2 Å². The van der Waals surface area contributed by atoms with E-state index >= 15 is 0 Å². The first-order valence-corrected chi connectivity index (χ1v) is 8.45. The lowest BCUT2D eigenvalue weighted by Gasteiger charge is -2.13. The van der Waals surface area contributed by atoms with E-state index in [-0.39, 0.29) is 12.0 Å². The Morgan fingerprint density at radius 1 is 0.815 bits per heavy atom. The van der Waals surface area contributed by atoms with Crippen molar-refractivity contribution in [3.8, 4) is 11.1 Å². The van der Waals surface area contributed by atoms with Crippen LogP contribution in [0.4, 0.5) is 0 Å². The lowest BCUT2D eigenvalue weighted by molar-refractivity contribution is -0.136. The van der Waals surface area contributed by atoms with Gasteiger partial charge in [0.1, 0.15) is 0 Å². The molecule has 0 unspecified atom stereocenters. The second-order valence-corrected chi connectivity index (χ2v) is 6.08. The van der Waals surface area contributed by atoms with E-state index in [0.29, 0.717) is 11.1 Å². The zero-order valence-electron chi connectivity index (χ0n) is 14.5. The van der Waals surface area contributed by atoms with Crippen LogP contribution >= 0.6 is 0 Å². The molecule has 2 N–H and O–H groups in total. The molecule has 0 atom stereocenters. The van der Waals surface area contributed by atoms with Crippen LogP contribution in [-0.4, -0.2) is 22.2 Å². The van der Waals surface area contributed by atoms with Crippen molar-refractivity contribution in [2.24, 2.45) is 0 Å². The number of aromatic carboxylic acids is 1. The van der Waals surface area contributed by atoms with E-state index in [1.54, 1.807) is 24.3 Å². The predicted octanol–water partition coefficient (Wildman–Crippen LogP) is 4.85. The Hall–Kier alpha value is -3.66. The van der Waals surface area contributed by atoms with Gasteiger partial charge in [-0.15, -0.1) is 0 Å². The van der Waals surface area contributed by atoms with Crippen LogP contribution in [0.5, 0.6) is 0 Å². The molecule has 0 saturated heterocycles. The van der Waals surface area contributed by atoms with E-state index < -0.39 is 11.9 Å². The summed E-state index contributed by atoms with van der Waals surface area (Å²) in [7, 11) is 0. The molecule has 4 heteroatoms. The van der Waals surface area contributed by atoms with Gasteiger partial charge >= 0.3 is 11.9 Å². The van der Waals surface area contributed by atoms with Gasteiger partial charge in [0.15, 0.2) is 0 Å². The number of carbonyl (C=O) groups is 2. The molecule has 0 aromatic heterocycles. The van der Waals surface area contributed by atoms with Crippen molar-refractivity contribution in [2.45, 2.75) is 6.42 Å². The summed E-state index contributed by atoms with van der Waals surface area (Å²) >= 11 is 0. The highest BCUT2D eigenvalue weighted by molar-refractivity contribution is 5.91. The fourth-order valence-corrected chi connectivity index (χ4v) is 2.98. The fourth-order valence-electron chi connectivity index (χ4n) is 2.98. The summed E-state index contributed by atoms with van der Waals surface area (Å²) in [5.74, 6) is -1.95. The third-order valence-corrected chi connectivity index (χ3v) is 4.18. The molecule has 0 aliphatic heterocycles. The van der Waals surface area contributed by atoms with Crippen LogP contribution in [0.3, 0.4) is 0 Å². The predicted molar refractivity (Wildman–Crippen MR) is 106 cm³/mol. The third kappa shape index (κ3) is 4.50. The van der Waals surface area contributed by atoms with Crippen molar-refractivity contribution in [3.63, 3.8) is 0 Å². The van der Waals surface area contributed by atoms with Crippen molar-refractivity contribution in [1.82, 2.24) is 0 Å². The van der Waals surface area contributed by atoms with Gasteiger partial charge in [-0.3, -0.25) is 4.79 Å². The minimum atomic E-state index is -1.02.